The highest BCUT2D eigenvalue weighted by Gasteiger charge is 2.20. The first-order chi connectivity index (χ1) is 8.06. The first-order valence-electron chi connectivity index (χ1n) is 6.27. The minimum atomic E-state index is 0.137. The number of unbranched alkanes of at least 4 members (excludes halogenated alkanes) is 1. The van der Waals surface area contributed by atoms with E-state index in [1.807, 2.05) is 0 Å². The Morgan fingerprint density at radius 1 is 1.29 bits per heavy atom. The quantitative estimate of drug-likeness (QED) is 0.870. The molecular weight excluding hydrogens is 276 g/mol. The summed E-state index contributed by atoms with van der Waals surface area (Å²) in [6.07, 6.45) is 2.44. The standard InChI is InChI=1S/C14H23BrN2/c1-4-5-10-17(3)14(11(2)16)12-6-8-13(15)9-7-12/h6-9,11,14H,4-5,10,16H2,1-3H3. The zero-order valence-electron chi connectivity index (χ0n) is 11.0. The van der Waals surface area contributed by atoms with Crippen LogP contribution in [0.1, 0.15) is 38.3 Å². The first-order valence-corrected chi connectivity index (χ1v) is 7.06. The Hall–Kier alpha value is -0.380. The molecule has 0 saturated carbocycles. The molecule has 0 radical (unpaired) electrons. The van der Waals surface area contributed by atoms with Gasteiger partial charge in [0.05, 0.1) is 0 Å². The molecule has 0 amide bonds. The summed E-state index contributed by atoms with van der Waals surface area (Å²) < 4.78 is 1.11. The molecule has 96 valence electrons. The monoisotopic (exact) mass is 298 g/mol. The summed E-state index contributed by atoms with van der Waals surface area (Å²) in [4.78, 5) is 2.36. The Labute approximate surface area is 113 Å². The van der Waals surface area contributed by atoms with Gasteiger partial charge in [0.25, 0.3) is 0 Å². The van der Waals surface area contributed by atoms with Gasteiger partial charge in [0.15, 0.2) is 0 Å². The Morgan fingerprint density at radius 3 is 2.35 bits per heavy atom. The maximum absolute atomic E-state index is 6.13. The number of rotatable bonds is 6. The van der Waals surface area contributed by atoms with Crippen molar-refractivity contribution in [3.8, 4) is 0 Å². The summed E-state index contributed by atoms with van der Waals surface area (Å²) in [5, 5.41) is 0. The number of likely N-dealkylation sites (N-methyl/N-ethyl adjacent to an activating group) is 1. The topological polar surface area (TPSA) is 29.3 Å². The van der Waals surface area contributed by atoms with Crippen molar-refractivity contribution in [2.75, 3.05) is 13.6 Å². The van der Waals surface area contributed by atoms with Gasteiger partial charge in [-0.2, -0.15) is 0 Å². The molecule has 1 aromatic carbocycles. The van der Waals surface area contributed by atoms with Gasteiger partial charge in [0, 0.05) is 16.6 Å². The van der Waals surface area contributed by atoms with E-state index >= 15 is 0 Å². The van der Waals surface area contributed by atoms with Gasteiger partial charge in [0.1, 0.15) is 0 Å². The number of nitrogens with zero attached hydrogens (tertiary/aromatic N) is 1. The smallest absolute Gasteiger partial charge is 0.0493 e. The minimum Gasteiger partial charge on any atom is -0.326 e. The normalized spacial score (nSPS) is 14.9. The van der Waals surface area contributed by atoms with E-state index in [2.05, 4.69) is 66.0 Å². The van der Waals surface area contributed by atoms with Crippen LogP contribution in [0.15, 0.2) is 28.7 Å². The molecule has 0 saturated heterocycles. The van der Waals surface area contributed by atoms with E-state index in [0.29, 0.717) is 6.04 Å². The highest BCUT2D eigenvalue weighted by Crippen LogP contribution is 2.24. The van der Waals surface area contributed by atoms with Crippen molar-refractivity contribution in [2.24, 2.45) is 5.73 Å². The Kier molecular flexibility index (Phi) is 6.17. The molecule has 0 spiro atoms. The summed E-state index contributed by atoms with van der Waals surface area (Å²) in [6.45, 7) is 5.39. The second-order valence-electron chi connectivity index (χ2n) is 4.69. The molecule has 0 bridgehead atoms. The Balaban J connectivity index is 2.81. The zero-order valence-corrected chi connectivity index (χ0v) is 12.6. The second kappa shape index (κ2) is 7.14. The molecule has 0 heterocycles. The van der Waals surface area contributed by atoms with Crippen LogP contribution in [0.2, 0.25) is 0 Å². The molecule has 2 N–H and O–H groups in total. The molecule has 2 unspecified atom stereocenters. The summed E-state index contributed by atoms with van der Waals surface area (Å²) in [6, 6.07) is 8.91. The lowest BCUT2D eigenvalue weighted by Crippen LogP contribution is -2.37. The fourth-order valence-corrected chi connectivity index (χ4v) is 2.43. The van der Waals surface area contributed by atoms with Crippen molar-refractivity contribution in [1.82, 2.24) is 4.90 Å². The number of hydrogen-bond acceptors (Lipinski definition) is 2. The van der Waals surface area contributed by atoms with Gasteiger partial charge >= 0.3 is 0 Å². The van der Waals surface area contributed by atoms with Crippen LogP contribution in [-0.2, 0) is 0 Å². The summed E-state index contributed by atoms with van der Waals surface area (Å²) in [5.41, 5.74) is 7.42. The van der Waals surface area contributed by atoms with Gasteiger partial charge in [-0.1, -0.05) is 41.4 Å². The maximum Gasteiger partial charge on any atom is 0.0493 e. The average Bonchev–Trinajstić information content (AvgIpc) is 2.29. The lowest BCUT2D eigenvalue weighted by Gasteiger charge is -2.31. The van der Waals surface area contributed by atoms with Gasteiger partial charge in [-0.25, -0.2) is 0 Å². The molecule has 17 heavy (non-hydrogen) atoms. The molecule has 0 aliphatic carbocycles. The van der Waals surface area contributed by atoms with Gasteiger partial charge < -0.3 is 5.73 Å². The van der Waals surface area contributed by atoms with E-state index in [1.165, 1.54) is 18.4 Å². The van der Waals surface area contributed by atoms with Crippen LogP contribution in [0.3, 0.4) is 0 Å². The van der Waals surface area contributed by atoms with Gasteiger partial charge in [-0.3, -0.25) is 4.90 Å². The van der Waals surface area contributed by atoms with Crippen LogP contribution in [0, 0.1) is 0 Å². The van der Waals surface area contributed by atoms with Crippen molar-refractivity contribution in [1.29, 1.82) is 0 Å². The molecule has 0 aliphatic heterocycles. The third kappa shape index (κ3) is 4.41. The second-order valence-corrected chi connectivity index (χ2v) is 5.61. The third-order valence-electron chi connectivity index (χ3n) is 3.05. The molecule has 3 heteroatoms. The molecule has 0 aliphatic rings. The third-order valence-corrected chi connectivity index (χ3v) is 3.58. The molecule has 2 nitrogen and oxygen atoms in total. The van der Waals surface area contributed by atoms with E-state index in [4.69, 9.17) is 5.73 Å². The largest absolute Gasteiger partial charge is 0.326 e. The van der Waals surface area contributed by atoms with Crippen molar-refractivity contribution in [3.63, 3.8) is 0 Å². The van der Waals surface area contributed by atoms with Gasteiger partial charge in [-0.05, 0) is 44.6 Å². The van der Waals surface area contributed by atoms with E-state index in [-0.39, 0.29) is 6.04 Å². The number of benzene rings is 1. The maximum atomic E-state index is 6.13. The van der Waals surface area contributed by atoms with Crippen LogP contribution in [0.4, 0.5) is 0 Å². The minimum absolute atomic E-state index is 0.137. The lowest BCUT2D eigenvalue weighted by atomic mass is 9.99. The van der Waals surface area contributed by atoms with Crippen LogP contribution in [0.5, 0.6) is 0 Å². The fraction of sp³-hybridized carbons (Fsp3) is 0.571. The molecular formula is C14H23BrN2. The van der Waals surface area contributed by atoms with Gasteiger partial charge in [-0.15, -0.1) is 0 Å². The zero-order chi connectivity index (χ0) is 12.8. The van der Waals surface area contributed by atoms with E-state index in [9.17, 15) is 0 Å². The van der Waals surface area contributed by atoms with Crippen molar-refractivity contribution < 1.29 is 0 Å². The first kappa shape index (κ1) is 14.7. The highest BCUT2D eigenvalue weighted by atomic mass is 79.9. The van der Waals surface area contributed by atoms with Crippen LogP contribution >= 0.6 is 15.9 Å². The van der Waals surface area contributed by atoms with Crippen LogP contribution in [0.25, 0.3) is 0 Å². The summed E-state index contributed by atoms with van der Waals surface area (Å²) in [7, 11) is 2.16. The molecule has 1 rings (SSSR count). The van der Waals surface area contributed by atoms with E-state index < -0.39 is 0 Å². The van der Waals surface area contributed by atoms with E-state index in [1.54, 1.807) is 0 Å². The SMILES string of the molecule is CCCCN(C)C(c1ccc(Br)cc1)C(C)N. The summed E-state index contributed by atoms with van der Waals surface area (Å²) in [5.74, 6) is 0. The molecule has 0 aromatic heterocycles. The molecule has 0 fully saturated rings. The van der Waals surface area contributed by atoms with Crippen LogP contribution < -0.4 is 5.73 Å². The molecule has 2 atom stereocenters. The highest BCUT2D eigenvalue weighted by molar-refractivity contribution is 9.10. The Morgan fingerprint density at radius 2 is 1.88 bits per heavy atom. The number of nitrogens with two attached hydrogens (primary N) is 1. The average molecular weight is 299 g/mol. The predicted octanol–water partition coefficient (Wildman–Crippen LogP) is 3.57. The number of hydrogen-bond donors (Lipinski definition) is 1. The van der Waals surface area contributed by atoms with Crippen molar-refractivity contribution >= 4 is 15.9 Å². The van der Waals surface area contributed by atoms with Gasteiger partial charge in [0.2, 0.25) is 0 Å². The van der Waals surface area contributed by atoms with Crippen molar-refractivity contribution in [3.05, 3.63) is 34.3 Å². The summed E-state index contributed by atoms with van der Waals surface area (Å²) >= 11 is 3.47. The van der Waals surface area contributed by atoms with Crippen molar-refractivity contribution in [2.45, 2.75) is 38.8 Å². The fourth-order valence-electron chi connectivity index (χ4n) is 2.17. The van der Waals surface area contributed by atoms with E-state index in [0.717, 1.165) is 11.0 Å². The predicted molar refractivity (Wildman–Crippen MR) is 78.1 cm³/mol. The molecule has 1 aromatic rings. The number of halogens is 1. The van der Waals surface area contributed by atoms with Crippen LogP contribution in [-0.4, -0.2) is 24.5 Å². The Bertz CT molecular complexity index is 321. The lowest BCUT2D eigenvalue weighted by molar-refractivity contribution is 0.216.